The van der Waals surface area contributed by atoms with Gasteiger partial charge >= 0.3 is 0 Å². The Morgan fingerprint density at radius 2 is 2.20 bits per heavy atom. The minimum absolute atomic E-state index is 0.256. The van der Waals surface area contributed by atoms with E-state index < -0.39 is 0 Å². The first-order valence-electron chi connectivity index (χ1n) is 5.54. The average molecular weight is 209 g/mol. The normalized spacial score (nSPS) is 12.3. The van der Waals surface area contributed by atoms with Gasteiger partial charge < -0.3 is 15.6 Å². The lowest BCUT2D eigenvalue weighted by atomic mass is 9.89. The molecule has 0 saturated carbocycles. The molecule has 0 radical (unpaired) electrons. The zero-order valence-corrected chi connectivity index (χ0v) is 10.1. The molecule has 86 valence electrons. The highest BCUT2D eigenvalue weighted by molar-refractivity contribution is 5.07. The van der Waals surface area contributed by atoms with Crippen molar-refractivity contribution in [3.63, 3.8) is 0 Å². The van der Waals surface area contributed by atoms with E-state index >= 15 is 0 Å². The second-order valence-electron chi connectivity index (χ2n) is 5.08. The lowest BCUT2D eigenvalue weighted by Crippen LogP contribution is -2.29. The lowest BCUT2D eigenvalue weighted by Gasteiger charge is -2.25. The van der Waals surface area contributed by atoms with Crippen molar-refractivity contribution < 1.29 is 0 Å². The summed E-state index contributed by atoms with van der Waals surface area (Å²) in [4.78, 5) is 5.41. The van der Waals surface area contributed by atoms with Crippen molar-refractivity contribution in [2.24, 2.45) is 11.1 Å². The number of hydrogen-bond donors (Lipinski definition) is 2. The van der Waals surface area contributed by atoms with Gasteiger partial charge in [-0.15, -0.1) is 0 Å². The van der Waals surface area contributed by atoms with Crippen LogP contribution in [0.1, 0.15) is 25.8 Å². The molecule has 0 aliphatic carbocycles. The molecule has 0 aliphatic heterocycles. The van der Waals surface area contributed by atoms with E-state index in [1.54, 1.807) is 0 Å². The zero-order valence-electron chi connectivity index (χ0n) is 10.1. The number of aromatic nitrogens is 1. The van der Waals surface area contributed by atoms with Gasteiger partial charge in [0.05, 0.1) is 0 Å². The second kappa shape index (κ2) is 5.33. The lowest BCUT2D eigenvalue weighted by molar-refractivity contribution is 0.249. The molecule has 0 fully saturated rings. The van der Waals surface area contributed by atoms with E-state index in [4.69, 9.17) is 5.73 Å². The molecule has 1 rings (SSSR count). The first kappa shape index (κ1) is 12.3. The molecule has 0 spiro atoms. The summed E-state index contributed by atoms with van der Waals surface area (Å²) < 4.78 is 0. The molecular formula is C12H23N3. The number of nitrogens with zero attached hydrogens (tertiary/aromatic N) is 1. The third-order valence-electron chi connectivity index (χ3n) is 2.84. The van der Waals surface area contributed by atoms with Crippen LogP contribution in [0.15, 0.2) is 18.5 Å². The van der Waals surface area contributed by atoms with E-state index in [0.29, 0.717) is 0 Å². The van der Waals surface area contributed by atoms with Gasteiger partial charge in [-0.05, 0) is 43.6 Å². The fraction of sp³-hybridized carbons (Fsp3) is 0.667. The molecule has 3 N–H and O–H groups in total. The summed E-state index contributed by atoms with van der Waals surface area (Å²) in [5.41, 5.74) is 7.30. The van der Waals surface area contributed by atoms with Crippen molar-refractivity contribution in [2.75, 3.05) is 20.1 Å². The third kappa shape index (κ3) is 4.49. The Morgan fingerprint density at radius 3 is 2.73 bits per heavy atom. The van der Waals surface area contributed by atoms with E-state index in [9.17, 15) is 0 Å². The molecule has 1 aromatic heterocycles. The summed E-state index contributed by atoms with van der Waals surface area (Å²) >= 11 is 0. The molecule has 0 amide bonds. The highest BCUT2D eigenvalue weighted by Crippen LogP contribution is 2.18. The third-order valence-corrected chi connectivity index (χ3v) is 2.84. The van der Waals surface area contributed by atoms with Crippen LogP contribution in [0, 0.1) is 5.41 Å². The van der Waals surface area contributed by atoms with Gasteiger partial charge in [0.2, 0.25) is 0 Å². The number of nitrogens with two attached hydrogens (primary N) is 1. The van der Waals surface area contributed by atoms with Crippen molar-refractivity contribution in [1.29, 1.82) is 0 Å². The van der Waals surface area contributed by atoms with Gasteiger partial charge in [-0.25, -0.2) is 0 Å². The molecule has 1 aromatic rings. The zero-order chi connectivity index (χ0) is 11.3. The van der Waals surface area contributed by atoms with Gasteiger partial charge in [0.1, 0.15) is 0 Å². The van der Waals surface area contributed by atoms with Crippen LogP contribution in [0.3, 0.4) is 0 Å². The highest BCUT2D eigenvalue weighted by atomic mass is 15.1. The second-order valence-corrected chi connectivity index (χ2v) is 5.08. The molecule has 1 heterocycles. The van der Waals surface area contributed by atoms with Crippen LogP contribution in [-0.4, -0.2) is 30.0 Å². The Balaban J connectivity index is 2.28. The molecule has 3 nitrogen and oxygen atoms in total. The van der Waals surface area contributed by atoms with Crippen LogP contribution >= 0.6 is 0 Å². The Bertz CT molecular complexity index is 264. The summed E-state index contributed by atoms with van der Waals surface area (Å²) in [6, 6.07) is 2.12. The summed E-state index contributed by atoms with van der Waals surface area (Å²) in [6.45, 7) is 7.29. The van der Waals surface area contributed by atoms with Crippen LogP contribution in [-0.2, 0) is 6.54 Å². The topological polar surface area (TPSA) is 45.0 Å². The predicted molar refractivity (Wildman–Crippen MR) is 64.6 cm³/mol. The van der Waals surface area contributed by atoms with Crippen LogP contribution < -0.4 is 5.73 Å². The monoisotopic (exact) mass is 209 g/mol. The molecule has 0 saturated heterocycles. The van der Waals surface area contributed by atoms with Crippen LogP contribution in [0.4, 0.5) is 0 Å². The summed E-state index contributed by atoms with van der Waals surface area (Å²) in [6.07, 6.45) is 5.15. The molecule has 15 heavy (non-hydrogen) atoms. The minimum Gasteiger partial charge on any atom is -0.367 e. The fourth-order valence-corrected chi connectivity index (χ4v) is 1.44. The number of rotatable bonds is 6. The Morgan fingerprint density at radius 1 is 1.47 bits per heavy atom. The molecular weight excluding hydrogens is 186 g/mol. The van der Waals surface area contributed by atoms with E-state index in [-0.39, 0.29) is 5.41 Å². The smallest absolute Gasteiger partial charge is 0.0245 e. The van der Waals surface area contributed by atoms with Gasteiger partial charge in [-0.3, -0.25) is 0 Å². The van der Waals surface area contributed by atoms with Gasteiger partial charge in [0.25, 0.3) is 0 Å². The largest absolute Gasteiger partial charge is 0.367 e. The van der Waals surface area contributed by atoms with E-state index in [1.165, 1.54) is 5.56 Å². The van der Waals surface area contributed by atoms with Crippen molar-refractivity contribution in [2.45, 2.75) is 26.8 Å². The number of H-pyrrole nitrogens is 1. The number of hydrogen-bond acceptors (Lipinski definition) is 2. The predicted octanol–water partition coefficient (Wildman–Crippen LogP) is 1.82. The van der Waals surface area contributed by atoms with Crippen molar-refractivity contribution in [3.05, 3.63) is 24.0 Å². The SMILES string of the molecule is CN(CCC(C)(C)CN)Cc1cc[nH]c1. The molecule has 0 atom stereocenters. The minimum atomic E-state index is 0.256. The van der Waals surface area contributed by atoms with Crippen LogP contribution in [0.25, 0.3) is 0 Å². The maximum atomic E-state index is 5.71. The molecule has 0 bridgehead atoms. The molecule has 0 aromatic carbocycles. The van der Waals surface area contributed by atoms with Crippen molar-refractivity contribution in [3.8, 4) is 0 Å². The average Bonchev–Trinajstić information content (AvgIpc) is 2.68. The van der Waals surface area contributed by atoms with Crippen molar-refractivity contribution in [1.82, 2.24) is 9.88 Å². The van der Waals surface area contributed by atoms with E-state index in [0.717, 1.165) is 26.1 Å². The quantitative estimate of drug-likeness (QED) is 0.750. The number of nitrogens with one attached hydrogen (secondary N) is 1. The summed E-state index contributed by atoms with van der Waals surface area (Å²) in [7, 11) is 2.15. The van der Waals surface area contributed by atoms with Gasteiger partial charge in [0, 0.05) is 18.9 Å². The van der Waals surface area contributed by atoms with Crippen LogP contribution in [0.5, 0.6) is 0 Å². The summed E-state index contributed by atoms with van der Waals surface area (Å²) in [5.74, 6) is 0. The molecule has 3 heteroatoms. The van der Waals surface area contributed by atoms with Gasteiger partial charge in [-0.2, -0.15) is 0 Å². The maximum Gasteiger partial charge on any atom is 0.0245 e. The highest BCUT2D eigenvalue weighted by Gasteiger charge is 2.15. The first-order chi connectivity index (χ1) is 7.03. The maximum absolute atomic E-state index is 5.71. The molecule has 0 aliphatic rings. The first-order valence-corrected chi connectivity index (χ1v) is 5.54. The fourth-order valence-electron chi connectivity index (χ4n) is 1.44. The van der Waals surface area contributed by atoms with Gasteiger partial charge in [0.15, 0.2) is 0 Å². The standard InChI is InChI=1S/C12H23N3/c1-12(2,10-13)5-7-15(3)9-11-4-6-14-8-11/h4,6,8,14H,5,7,9-10,13H2,1-3H3. The van der Waals surface area contributed by atoms with Crippen molar-refractivity contribution >= 4 is 0 Å². The van der Waals surface area contributed by atoms with Gasteiger partial charge in [-0.1, -0.05) is 13.8 Å². The van der Waals surface area contributed by atoms with E-state index in [2.05, 4.69) is 36.8 Å². The Hall–Kier alpha value is -0.800. The number of aromatic amines is 1. The van der Waals surface area contributed by atoms with E-state index in [1.807, 2.05) is 12.4 Å². The Kier molecular flexibility index (Phi) is 4.36. The van der Waals surface area contributed by atoms with Crippen LogP contribution in [0.2, 0.25) is 0 Å². The summed E-state index contributed by atoms with van der Waals surface area (Å²) in [5, 5.41) is 0. The Labute approximate surface area is 92.7 Å². The molecule has 0 unspecified atom stereocenters.